The van der Waals surface area contributed by atoms with Crippen LogP contribution in [0.25, 0.3) is 5.69 Å². The van der Waals surface area contributed by atoms with Gasteiger partial charge in [0.25, 0.3) is 0 Å². The second-order valence-corrected chi connectivity index (χ2v) is 9.27. The first-order valence-corrected chi connectivity index (χ1v) is 11.0. The largest absolute Gasteiger partial charge is 0.366 e. The van der Waals surface area contributed by atoms with E-state index in [1.165, 1.54) is 0 Å². The van der Waals surface area contributed by atoms with Gasteiger partial charge in [0.15, 0.2) is 0 Å². The Labute approximate surface area is 160 Å². The fourth-order valence-corrected chi connectivity index (χ4v) is 4.03. The molecule has 8 heteroatoms. The number of anilines is 1. The molecule has 0 spiro atoms. The van der Waals surface area contributed by atoms with Crippen molar-refractivity contribution >= 4 is 27.4 Å². The topological polar surface area (TPSA) is 76.0 Å². The minimum absolute atomic E-state index is 0.139. The smallest absolute Gasteiger partial charge is 0.211 e. The summed E-state index contributed by atoms with van der Waals surface area (Å²) in [5.41, 5.74) is 0.967. The number of halogens is 1. The van der Waals surface area contributed by atoms with Gasteiger partial charge < -0.3 is 5.32 Å². The third kappa shape index (κ3) is 5.22. The number of sulfonamides is 1. The van der Waals surface area contributed by atoms with Gasteiger partial charge in [-0.05, 0) is 62.8 Å². The van der Waals surface area contributed by atoms with Gasteiger partial charge in [-0.15, -0.1) is 0 Å². The molecule has 1 heterocycles. The number of nitrogens with zero attached hydrogens (tertiary/aromatic N) is 2. The van der Waals surface area contributed by atoms with E-state index >= 15 is 0 Å². The number of benzene rings is 1. The van der Waals surface area contributed by atoms with Crippen LogP contribution >= 0.6 is 11.6 Å². The average molecular weight is 397 g/mol. The molecule has 1 aromatic heterocycles. The highest BCUT2D eigenvalue weighted by Crippen LogP contribution is 2.26. The fraction of sp³-hybridized carbons (Fsp3) is 0.500. The van der Waals surface area contributed by atoms with Gasteiger partial charge in [-0.25, -0.2) is 17.8 Å². The van der Waals surface area contributed by atoms with Crippen molar-refractivity contribution in [3.05, 3.63) is 41.6 Å². The third-order valence-electron chi connectivity index (χ3n) is 4.85. The Morgan fingerprint density at radius 1 is 1.15 bits per heavy atom. The lowest BCUT2D eigenvalue weighted by atomic mass is 9.86. The molecule has 142 valence electrons. The van der Waals surface area contributed by atoms with Crippen LogP contribution in [0.3, 0.4) is 0 Å². The Hall–Kier alpha value is -1.57. The maximum absolute atomic E-state index is 11.5. The SMILES string of the molecule is CCS(=O)(=O)NC[C@H]1CC[C@H](Nc2ccn(-c3ccc(Cl)cc3)n2)CC1. The Balaban J connectivity index is 1.48. The molecule has 3 rings (SSSR count). The number of aromatic nitrogens is 2. The molecule has 6 nitrogen and oxygen atoms in total. The zero-order valence-corrected chi connectivity index (χ0v) is 16.4. The minimum Gasteiger partial charge on any atom is -0.366 e. The summed E-state index contributed by atoms with van der Waals surface area (Å²) in [6.45, 7) is 2.21. The molecule has 0 aliphatic heterocycles. The molecule has 1 fully saturated rings. The molecule has 0 radical (unpaired) electrons. The van der Waals surface area contributed by atoms with Crippen LogP contribution in [0, 0.1) is 5.92 Å². The predicted octanol–water partition coefficient (Wildman–Crippen LogP) is 3.44. The van der Waals surface area contributed by atoms with Crippen molar-refractivity contribution in [3.8, 4) is 5.69 Å². The van der Waals surface area contributed by atoms with Crippen molar-refractivity contribution in [2.45, 2.75) is 38.6 Å². The Morgan fingerprint density at radius 2 is 1.85 bits per heavy atom. The lowest BCUT2D eigenvalue weighted by Gasteiger charge is -2.29. The monoisotopic (exact) mass is 396 g/mol. The summed E-state index contributed by atoms with van der Waals surface area (Å²) < 4.78 is 27.6. The molecule has 26 heavy (non-hydrogen) atoms. The van der Waals surface area contributed by atoms with Crippen LogP contribution in [0.5, 0.6) is 0 Å². The van der Waals surface area contributed by atoms with Crippen LogP contribution in [0.15, 0.2) is 36.5 Å². The quantitative estimate of drug-likeness (QED) is 0.751. The van der Waals surface area contributed by atoms with Gasteiger partial charge in [0.1, 0.15) is 5.82 Å². The molecule has 0 unspecified atom stereocenters. The highest BCUT2D eigenvalue weighted by atomic mass is 35.5. The van der Waals surface area contributed by atoms with Crippen molar-refractivity contribution in [2.24, 2.45) is 5.92 Å². The second kappa shape index (κ2) is 8.41. The van der Waals surface area contributed by atoms with E-state index in [1.54, 1.807) is 6.92 Å². The van der Waals surface area contributed by atoms with E-state index in [4.69, 9.17) is 11.6 Å². The van der Waals surface area contributed by atoms with E-state index in [1.807, 2.05) is 41.2 Å². The van der Waals surface area contributed by atoms with Crippen LogP contribution in [0.1, 0.15) is 32.6 Å². The highest BCUT2D eigenvalue weighted by molar-refractivity contribution is 7.89. The van der Waals surface area contributed by atoms with E-state index in [9.17, 15) is 8.42 Å². The van der Waals surface area contributed by atoms with Crippen LogP contribution < -0.4 is 10.0 Å². The molecule has 0 atom stereocenters. The van der Waals surface area contributed by atoms with Gasteiger partial charge in [-0.2, -0.15) is 5.10 Å². The van der Waals surface area contributed by atoms with Gasteiger partial charge in [0.2, 0.25) is 10.0 Å². The summed E-state index contributed by atoms with van der Waals surface area (Å²) in [5.74, 6) is 1.41. The van der Waals surface area contributed by atoms with Crippen molar-refractivity contribution in [1.82, 2.24) is 14.5 Å². The summed E-state index contributed by atoms with van der Waals surface area (Å²) >= 11 is 5.92. The molecule has 2 aromatic rings. The van der Waals surface area contributed by atoms with E-state index in [0.717, 1.165) is 37.2 Å². The zero-order chi connectivity index (χ0) is 18.6. The molecular formula is C18H25ClN4O2S. The molecular weight excluding hydrogens is 372 g/mol. The first kappa shape index (κ1) is 19.2. The molecule has 0 bridgehead atoms. The van der Waals surface area contributed by atoms with Crippen molar-refractivity contribution < 1.29 is 8.42 Å². The Morgan fingerprint density at radius 3 is 2.50 bits per heavy atom. The molecule has 1 aliphatic carbocycles. The number of rotatable bonds is 7. The number of hydrogen-bond donors (Lipinski definition) is 2. The van der Waals surface area contributed by atoms with Crippen molar-refractivity contribution in [2.75, 3.05) is 17.6 Å². The second-order valence-electron chi connectivity index (χ2n) is 6.74. The first-order chi connectivity index (χ1) is 12.4. The molecule has 1 aliphatic rings. The zero-order valence-electron chi connectivity index (χ0n) is 14.9. The molecule has 1 saturated carbocycles. The molecule has 0 amide bonds. The van der Waals surface area contributed by atoms with Gasteiger partial charge in [-0.1, -0.05) is 11.6 Å². The van der Waals surface area contributed by atoms with Crippen LogP contribution in [-0.4, -0.2) is 36.5 Å². The van der Waals surface area contributed by atoms with Crippen LogP contribution in [0.2, 0.25) is 5.02 Å². The first-order valence-electron chi connectivity index (χ1n) is 9.00. The van der Waals surface area contributed by atoms with E-state index < -0.39 is 10.0 Å². The number of hydrogen-bond acceptors (Lipinski definition) is 4. The molecule has 1 aromatic carbocycles. The van der Waals surface area contributed by atoms with Gasteiger partial charge >= 0.3 is 0 Å². The van der Waals surface area contributed by atoms with Gasteiger partial charge in [-0.3, -0.25) is 0 Å². The van der Waals surface area contributed by atoms with E-state index in [0.29, 0.717) is 23.5 Å². The van der Waals surface area contributed by atoms with E-state index in [-0.39, 0.29) is 5.75 Å². The highest BCUT2D eigenvalue weighted by Gasteiger charge is 2.22. The predicted molar refractivity (Wildman–Crippen MR) is 105 cm³/mol. The normalized spacial score (nSPS) is 20.8. The Kier molecular flexibility index (Phi) is 6.21. The van der Waals surface area contributed by atoms with Crippen LogP contribution in [-0.2, 0) is 10.0 Å². The van der Waals surface area contributed by atoms with Crippen LogP contribution in [0.4, 0.5) is 5.82 Å². The maximum Gasteiger partial charge on any atom is 0.211 e. The summed E-state index contributed by atoms with van der Waals surface area (Å²) in [7, 11) is -3.09. The lowest BCUT2D eigenvalue weighted by Crippen LogP contribution is -2.34. The fourth-order valence-electron chi connectivity index (χ4n) is 3.21. The standard InChI is InChI=1S/C18H25ClN4O2S/c1-2-26(24,25)20-13-14-3-7-16(8-4-14)21-18-11-12-23(22-18)17-9-5-15(19)6-10-17/h5-6,9-12,14,16,20H,2-4,7-8,13H2,1H3,(H,21,22)/t14-,16-. The summed E-state index contributed by atoms with van der Waals surface area (Å²) in [4.78, 5) is 0. The van der Waals surface area contributed by atoms with E-state index in [2.05, 4.69) is 15.1 Å². The van der Waals surface area contributed by atoms with Crippen molar-refractivity contribution in [3.63, 3.8) is 0 Å². The third-order valence-corrected chi connectivity index (χ3v) is 6.47. The van der Waals surface area contributed by atoms with Crippen molar-refractivity contribution in [1.29, 1.82) is 0 Å². The molecule has 0 saturated heterocycles. The number of nitrogens with one attached hydrogen (secondary N) is 2. The van der Waals surface area contributed by atoms with Gasteiger partial charge in [0, 0.05) is 29.9 Å². The molecule has 2 N–H and O–H groups in total. The Bertz CT molecular complexity index is 812. The summed E-state index contributed by atoms with van der Waals surface area (Å²) in [5, 5.41) is 8.77. The summed E-state index contributed by atoms with van der Waals surface area (Å²) in [6, 6.07) is 9.90. The maximum atomic E-state index is 11.5. The van der Waals surface area contributed by atoms with Gasteiger partial charge in [0.05, 0.1) is 11.4 Å². The lowest BCUT2D eigenvalue weighted by molar-refractivity contribution is 0.337. The minimum atomic E-state index is -3.09. The average Bonchev–Trinajstić information content (AvgIpc) is 3.10. The summed E-state index contributed by atoms with van der Waals surface area (Å²) in [6.07, 6.45) is 6.00.